The zero-order chi connectivity index (χ0) is 16.2. The van der Waals surface area contributed by atoms with Crippen LogP contribution < -0.4 is 5.32 Å². The van der Waals surface area contributed by atoms with Crippen LogP contribution in [0.1, 0.15) is 23.2 Å². The van der Waals surface area contributed by atoms with Gasteiger partial charge in [-0.2, -0.15) is 5.10 Å². The summed E-state index contributed by atoms with van der Waals surface area (Å²) in [5, 5.41) is 9.12. The number of ketones is 1. The summed E-state index contributed by atoms with van der Waals surface area (Å²) in [6.07, 6.45) is 4.59. The first-order valence-electron chi connectivity index (χ1n) is 7.48. The molecule has 2 aromatic rings. The van der Waals surface area contributed by atoms with Crippen molar-refractivity contribution in [1.29, 1.82) is 0 Å². The number of likely N-dealkylation sites (tertiary alicyclic amines) is 1. The fourth-order valence-corrected chi connectivity index (χ4v) is 2.75. The Morgan fingerprint density at radius 1 is 1.30 bits per heavy atom. The number of hydrogen-bond acceptors (Lipinski definition) is 3. The maximum Gasteiger partial charge on any atom is 0.321 e. The van der Waals surface area contributed by atoms with Crippen molar-refractivity contribution in [2.24, 2.45) is 5.92 Å². The minimum absolute atomic E-state index is 0.0502. The molecule has 0 saturated carbocycles. The molecule has 0 unspecified atom stereocenters. The van der Waals surface area contributed by atoms with Gasteiger partial charge in [0.1, 0.15) is 5.82 Å². The highest BCUT2D eigenvalue weighted by atomic mass is 19.1. The summed E-state index contributed by atoms with van der Waals surface area (Å²) < 4.78 is 13.0. The van der Waals surface area contributed by atoms with Crippen molar-refractivity contribution in [3.63, 3.8) is 0 Å². The van der Waals surface area contributed by atoms with E-state index in [4.69, 9.17) is 0 Å². The highest BCUT2D eigenvalue weighted by molar-refractivity contribution is 5.98. The van der Waals surface area contributed by atoms with Crippen LogP contribution >= 0.6 is 0 Å². The normalized spacial score (nSPS) is 17.8. The number of amides is 2. The third-order valence-corrected chi connectivity index (χ3v) is 3.96. The summed E-state index contributed by atoms with van der Waals surface area (Å²) >= 11 is 0. The fourth-order valence-electron chi connectivity index (χ4n) is 2.75. The number of rotatable bonds is 3. The molecule has 0 radical (unpaired) electrons. The van der Waals surface area contributed by atoms with Gasteiger partial charge in [0.2, 0.25) is 0 Å². The molecular weight excluding hydrogens is 299 g/mol. The highest BCUT2D eigenvalue weighted by Gasteiger charge is 2.29. The van der Waals surface area contributed by atoms with Crippen molar-refractivity contribution < 1.29 is 14.0 Å². The van der Waals surface area contributed by atoms with Crippen LogP contribution in [0.3, 0.4) is 0 Å². The maximum atomic E-state index is 13.0. The van der Waals surface area contributed by atoms with Crippen molar-refractivity contribution in [2.45, 2.75) is 12.8 Å². The molecule has 2 amide bonds. The molecule has 120 valence electrons. The first kappa shape index (κ1) is 15.2. The highest BCUT2D eigenvalue weighted by Crippen LogP contribution is 2.22. The maximum absolute atomic E-state index is 13.0. The molecule has 1 saturated heterocycles. The number of benzene rings is 1. The number of carbonyl (C=O) groups is 2. The number of aromatic nitrogens is 2. The first-order chi connectivity index (χ1) is 11.1. The molecule has 7 heteroatoms. The molecule has 1 atom stereocenters. The predicted octanol–water partition coefficient (Wildman–Crippen LogP) is 2.68. The largest absolute Gasteiger partial charge is 0.324 e. The molecule has 1 aromatic carbocycles. The number of Topliss-reactive ketones (excluding diaryl/α,β-unsaturated/α-hetero) is 1. The Morgan fingerprint density at radius 2 is 2.09 bits per heavy atom. The molecule has 1 aliphatic rings. The Bertz CT molecular complexity index is 685. The van der Waals surface area contributed by atoms with Gasteiger partial charge in [0.25, 0.3) is 0 Å². The third kappa shape index (κ3) is 3.56. The number of anilines is 1. The van der Waals surface area contributed by atoms with Crippen LogP contribution in [-0.4, -0.2) is 40.0 Å². The number of aromatic amines is 1. The molecule has 0 spiro atoms. The summed E-state index contributed by atoms with van der Waals surface area (Å²) in [4.78, 5) is 26.4. The third-order valence-electron chi connectivity index (χ3n) is 3.96. The second kappa shape index (κ2) is 6.60. The van der Waals surface area contributed by atoms with Crippen molar-refractivity contribution in [1.82, 2.24) is 15.1 Å². The molecule has 0 aliphatic carbocycles. The standard InChI is InChI=1S/C16H17FN4O2/c17-13-5-3-11(4-6-13)15(22)12-2-1-7-21(10-12)16(23)20-14-8-18-19-9-14/h3-6,8-9,12H,1-2,7,10H2,(H,18,19)(H,20,23)/t12-/m1/s1. The number of urea groups is 1. The lowest BCUT2D eigenvalue weighted by molar-refractivity contribution is 0.0851. The SMILES string of the molecule is O=C(c1ccc(F)cc1)[C@@H]1CCCN(C(=O)Nc2cn[nH]c2)C1. The molecule has 1 fully saturated rings. The smallest absolute Gasteiger partial charge is 0.321 e. The summed E-state index contributed by atoms with van der Waals surface area (Å²) in [7, 11) is 0. The lowest BCUT2D eigenvalue weighted by atomic mass is 9.90. The van der Waals surface area contributed by atoms with Crippen LogP contribution in [-0.2, 0) is 0 Å². The molecule has 1 aliphatic heterocycles. The van der Waals surface area contributed by atoms with Gasteiger partial charge in [0.05, 0.1) is 11.9 Å². The molecule has 0 bridgehead atoms. The summed E-state index contributed by atoms with van der Waals surface area (Å²) in [5.74, 6) is -0.679. The van der Waals surface area contributed by atoms with Crippen molar-refractivity contribution >= 4 is 17.5 Å². The molecule has 2 N–H and O–H groups in total. The van der Waals surface area contributed by atoms with E-state index in [1.54, 1.807) is 11.1 Å². The quantitative estimate of drug-likeness (QED) is 0.855. The van der Waals surface area contributed by atoms with Gasteiger partial charge in [-0.05, 0) is 37.1 Å². The van der Waals surface area contributed by atoms with Crippen LogP contribution in [0.4, 0.5) is 14.9 Å². The Morgan fingerprint density at radius 3 is 2.78 bits per heavy atom. The Hall–Kier alpha value is -2.70. The summed E-state index contributed by atoms with van der Waals surface area (Å²) in [6, 6.07) is 5.28. The van der Waals surface area contributed by atoms with Gasteiger partial charge in [0.15, 0.2) is 5.78 Å². The van der Waals surface area contributed by atoms with E-state index in [9.17, 15) is 14.0 Å². The average molecular weight is 316 g/mol. The molecule has 1 aromatic heterocycles. The van der Waals surface area contributed by atoms with E-state index >= 15 is 0 Å². The lowest BCUT2D eigenvalue weighted by Crippen LogP contribution is -2.44. The lowest BCUT2D eigenvalue weighted by Gasteiger charge is -2.31. The fraction of sp³-hybridized carbons (Fsp3) is 0.312. The minimum atomic E-state index is -0.369. The average Bonchev–Trinajstić information content (AvgIpc) is 3.08. The molecule has 3 rings (SSSR count). The van der Waals surface area contributed by atoms with Crippen LogP contribution in [0.2, 0.25) is 0 Å². The Kier molecular flexibility index (Phi) is 4.36. The van der Waals surface area contributed by atoms with E-state index in [1.165, 1.54) is 30.5 Å². The number of hydrogen-bond donors (Lipinski definition) is 2. The summed E-state index contributed by atoms with van der Waals surface area (Å²) in [6.45, 7) is 0.969. The monoisotopic (exact) mass is 316 g/mol. The van der Waals surface area contributed by atoms with Crippen LogP contribution in [0.25, 0.3) is 0 Å². The van der Waals surface area contributed by atoms with E-state index in [0.717, 1.165) is 12.8 Å². The van der Waals surface area contributed by atoms with Gasteiger partial charge < -0.3 is 10.2 Å². The molecule has 6 nitrogen and oxygen atoms in total. The van der Waals surface area contributed by atoms with Crippen LogP contribution in [0.15, 0.2) is 36.7 Å². The summed E-state index contributed by atoms with van der Waals surface area (Å²) in [5.41, 5.74) is 1.07. The van der Waals surface area contributed by atoms with Crippen LogP contribution in [0, 0.1) is 11.7 Å². The number of nitrogens with one attached hydrogen (secondary N) is 2. The van der Waals surface area contributed by atoms with E-state index < -0.39 is 0 Å². The number of piperidine rings is 1. The van der Waals surface area contributed by atoms with E-state index in [0.29, 0.717) is 24.3 Å². The predicted molar refractivity (Wildman–Crippen MR) is 82.6 cm³/mol. The Labute approximate surface area is 132 Å². The Balaban J connectivity index is 1.64. The molecular formula is C16H17FN4O2. The van der Waals surface area contributed by atoms with Gasteiger partial charge in [-0.25, -0.2) is 9.18 Å². The first-order valence-corrected chi connectivity index (χ1v) is 7.48. The second-order valence-corrected chi connectivity index (χ2v) is 5.57. The molecule has 2 heterocycles. The van der Waals surface area contributed by atoms with Crippen molar-refractivity contribution in [3.8, 4) is 0 Å². The minimum Gasteiger partial charge on any atom is -0.324 e. The van der Waals surface area contributed by atoms with Gasteiger partial charge in [0, 0.05) is 30.8 Å². The number of halogens is 1. The molecule has 23 heavy (non-hydrogen) atoms. The van der Waals surface area contributed by atoms with Gasteiger partial charge in [-0.15, -0.1) is 0 Å². The second-order valence-electron chi connectivity index (χ2n) is 5.57. The number of H-pyrrole nitrogens is 1. The van der Waals surface area contributed by atoms with E-state index in [-0.39, 0.29) is 23.5 Å². The van der Waals surface area contributed by atoms with Gasteiger partial charge in [-0.1, -0.05) is 0 Å². The van der Waals surface area contributed by atoms with E-state index in [2.05, 4.69) is 15.5 Å². The van der Waals surface area contributed by atoms with Gasteiger partial charge in [-0.3, -0.25) is 9.89 Å². The number of nitrogens with zero attached hydrogens (tertiary/aromatic N) is 2. The topological polar surface area (TPSA) is 78.1 Å². The zero-order valence-electron chi connectivity index (χ0n) is 12.5. The van der Waals surface area contributed by atoms with Crippen molar-refractivity contribution in [2.75, 3.05) is 18.4 Å². The van der Waals surface area contributed by atoms with E-state index in [1.807, 2.05) is 0 Å². The number of carbonyl (C=O) groups excluding carboxylic acids is 2. The van der Waals surface area contributed by atoms with Crippen LogP contribution in [0.5, 0.6) is 0 Å². The zero-order valence-corrected chi connectivity index (χ0v) is 12.5. The van der Waals surface area contributed by atoms with Gasteiger partial charge >= 0.3 is 6.03 Å². The van der Waals surface area contributed by atoms with Crippen molar-refractivity contribution in [3.05, 3.63) is 48.0 Å².